The Morgan fingerprint density at radius 3 is 2.86 bits per heavy atom. The van der Waals surface area contributed by atoms with Crippen molar-refractivity contribution in [3.8, 4) is 0 Å². The van der Waals surface area contributed by atoms with Gasteiger partial charge < -0.3 is 5.73 Å². The van der Waals surface area contributed by atoms with Gasteiger partial charge in [0, 0.05) is 10.6 Å². The summed E-state index contributed by atoms with van der Waals surface area (Å²) >= 11 is 6.02. The molecule has 2 atom stereocenters. The number of rotatable bonds is 3. The Labute approximate surface area is 132 Å². The zero-order valence-electron chi connectivity index (χ0n) is 11.7. The Bertz CT molecular complexity index is 686. The molecule has 0 bridgehead atoms. The van der Waals surface area contributed by atoms with E-state index in [1.165, 1.54) is 17.5 Å². The molecule has 4 heteroatoms. The largest absolute Gasteiger partial charge is 0.398 e. The summed E-state index contributed by atoms with van der Waals surface area (Å²) in [4.78, 5) is 0.761. The molecule has 1 aliphatic carbocycles. The third kappa shape index (κ3) is 3.14. The molecule has 3 rings (SSSR count). The Kier molecular flexibility index (Phi) is 4.32. The summed E-state index contributed by atoms with van der Waals surface area (Å²) in [5, 5.41) is 0.477. The van der Waals surface area contributed by atoms with Crippen molar-refractivity contribution in [3.63, 3.8) is 0 Å². The summed E-state index contributed by atoms with van der Waals surface area (Å²) in [6.45, 7) is 0. The second kappa shape index (κ2) is 6.20. The molecule has 0 aliphatic heterocycles. The van der Waals surface area contributed by atoms with Gasteiger partial charge in [-0.2, -0.15) is 0 Å². The first-order chi connectivity index (χ1) is 10.1. The third-order valence-corrected chi connectivity index (χ3v) is 5.89. The molecule has 0 amide bonds. The summed E-state index contributed by atoms with van der Waals surface area (Å²) in [7, 11) is -1.05. The number of nitrogens with two attached hydrogens (primary N) is 1. The number of hydrogen-bond donors (Lipinski definition) is 1. The molecule has 0 saturated heterocycles. The third-order valence-electron chi connectivity index (χ3n) is 4.08. The maximum absolute atomic E-state index is 12.6. The first-order valence-electron chi connectivity index (χ1n) is 7.16. The van der Waals surface area contributed by atoms with Crippen LogP contribution >= 0.6 is 11.6 Å². The van der Waals surface area contributed by atoms with E-state index in [2.05, 4.69) is 24.3 Å². The van der Waals surface area contributed by atoms with E-state index < -0.39 is 10.8 Å². The predicted octanol–water partition coefficient (Wildman–Crippen LogP) is 4.15. The molecule has 0 fully saturated rings. The lowest BCUT2D eigenvalue weighted by Gasteiger charge is -2.25. The lowest BCUT2D eigenvalue weighted by Crippen LogP contribution is -2.16. The van der Waals surface area contributed by atoms with Crippen LogP contribution in [0, 0.1) is 0 Å². The van der Waals surface area contributed by atoms with E-state index in [9.17, 15) is 4.21 Å². The fraction of sp³-hybridized carbons (Fsp3) is 0.294. The monoisotopic (exact) mass is 319 g/mol. The second-order valence-electron chi connectivity index (χ2n) is 5.48. The van der Waals surface area contributed by atoms with Crippen molar-refractivity contribution in [2.75, 3.05) is 11.5 Å². The van der Waals surface area contributed by atoms with Gasteiger partial charge in [0.25, 0.3) is 0 Å². The molecule has 110 valence electrons. The summed E-state index contributed by atoms with van der Waals surface area (Å²) in [5.41, 5.74) is 9.00. The van der Waals surface area contributed by atoms with Crippen molar-refractivity contribution < 1.29 is 4.21 Å². The molecule has 2 aromatic carbocycles. The fourth-order valence-corrected chi connectivity index (χ4v) is 4.57. The van der Waals surface area contributed by atoms with Gasteiger partial charge in [0.2, 0.25) is 0 Å². The van der Waals surface area contributed by atoms with Crippen molar-refractivity contribution in [1.29, 1.82) is 0 Å². The van der Waals surface area contributed by atoms with Gasteiger partial charge in [-0.05, 0) is 54.5 Å². The highest BCUT2D eigenvalue weighted by molar-refractivity contribution is 7.85. The molecule has 21 heavy (non-hydrogen) atoms. The Balaban J connectivity index is 1.81. The van der Waals surface area contributed by atoms with Gasteiger partial charge in [-0.25, -0.2) is 0 Å². The number of benzene rings is 2. The zero-order valence-corrected chi connectivity index (χ0v) is 13.3. The predicted molar refractivity (Wildman–Crippen MR) is 89.3 cm³/mol. The minimum absolute atomic E-state index is 0.368. The summed E-state index contributed by atoms with van der Waals surface area (Å²) in [6.07, 6.45) is 3.40. The molecule has 2 nitrogen and oxygen atoms in total. The van der Waals surface area contributed by atoms with E-state index in [0.717, 1.165) is 17.7 Å². The van der Waals surface area contributed by atoms with E-state index in [1.807, 2.05) is 6.07 Å². The molecule has 1 aliphatic rings. The Morgan fingerprint density at radius 2 is 2.05 bits per heavy atom. The quantitative estimate of drug-likeness (QED) is 0.864. The zero-order chi connectivity index (χ0) is 14.8. The SMILES string of the molecule is Nc1ccc(S(=O)CC2CCCc3ccccc32)cc1Cl. The minimum Gasteiger partial charge on any atom is -0.398 e. The van der Waals surface area contributed by atoms with Crippen molar-refractivity contribution in [2.45, 2.75) is 30.1 Å². The molecule has 0 aromatic heterocycles. The van der Waals surface area contributed by atoms with Crippen LogP contribution in [0.2, 0.25) is 5.02 Å². The number of fused-ring (bicyclic) bond motifs is 1. The number of halogens is 1. The molecule has 0 spiro atoms. The number of hydrogen-bond acceptors (Lipinski definition) is 2. The van der Waals surface area contributed by atoms with Crippen molar-refractivity contribution in [1.82, 2.24) is 0 Å². The Hall–Kier alpha value is -1.32. The lowest BCUT2D eigenvalue weighted by molar-refractivity contribution is 0.588. The van der Waals surface area contributed by atoms with Gasteiger partial charge in [-0.3, -0.25) is 4.21 Å². The summed E-state index contributed by atoms with van der Waals surface area (Å²) < 4.78 is 12.6. The van der Waals surface area contributed by atoms with Crippen LogP contribution < -0.4 is 5.73 Å². The van der Waals surface area contributed by atoms with Crippen LogP contribution in [0.3, 0.4) is 0 Å². The van der Waals surface area contributed by atoms with Crippen molar-refractivity contribution in [2.24, 2.45) is 0 Å². The van der Waals surface area contributed by atoms with E-state index in [4.69, 9.17) is 17.3 Å². The molecule has 0 saturated carbocycles. The lowest BCUT2D eigenvalue weighted by atomic mass is 9.84. The van der Waals surface area contributed by atoms with Crippen LogP contribution in [0.5, 0.6) is 0 Å². The van der Waals surface area contributed by atoms with E-state index in [0.29, 0.717) is 22.4 Å². The van der Waals surface area contributed by atoms with Gasteiger partial charge >= 0.3 is 0 Å². The highest BCUT2D eigenvalue weighted by atomic mass is 35.5. The molecule has 2 unspecified atom stereocenters. The van der Waals surface area contributed by atoms with Crippen LogP contribution in [0.25, 0.3) is 0 Å². The highest BCUT2D eigenvalue weighted by Gasteiger charge is 2.22. The standard InChI is InChI=1S/C17H18ClNOS/c18-16-10-14(8-9-17(16)19)21(20)11-13-6-3-5-12-4-1-2-7-15(12)13/h1-2,4,7-10,13H,3,5-6,11,19H2. The normalized spacial score (nSPS) is 19.0. The van der Waals surface area contributed by atoms with Crippen LogP contribution in [0.15, 0.2) is 47.4 Å². The van der Waals surface area contributed by atoms with E-state index in [-0.39, 0.29) is 0 Å². The highest BCUT2D eigenvalue weighted by Crippen LogP contribution is 2.33. The Morgan fingerprint density at radius 1 is 1.24 bits per heavy atom. The minimum atomic E-state index is -1.05. The topological polar surface area (TPSA) is 43.1 Å². The molecule has 0 heterocycles. The average Bonchev–Trinajstić information content (AvgIpc) is 2.50. The van der Waals surface area contributed by atoms with Crippen molar-refractivity contribution >= 4 is 28.1 Å². The van der Waals surface area contributed by atoms with Crippen LogP contribution in [0.1, 0.15) is 29.9 Å². The maximum atomic E-state index is 12.6. The van der Waals surface area contributed by atoms with E-state index >= 15 is 0 Å². The molecule has 0 radical (unpaired) electrons. The average molecular weight is 320 g/mol. The van der Waals surface area contributed by atoms with Gasteiger partial charge in [0.05, 0.1) is 21.5 Å². The van der Waals surface area contributed by atoms with Gasteiger partial charge in [0.1, 0.15) is 0 Å². The van der Waals surface area contributed by atoms with E-state index in [1.54, 1.807) is 12.1 Å². The summed E-state index contributed by atoms with van der Waals surface area (Å²) in [6, 6.07) is 13.8. The first kappa shape index (κ1) is 14.6. The van der Waals surface area contributed by atoms with Crippen LogP contribution in [-0.4, -0.2) is 9.96 Å². The maximum Gasteiger partial charge on any atom is 0.0647 e. The van der Waals surface area contributed by atoms with Crippen molar-refractivity contribution in [3.05, 3.63) is 58.6 Å². The molecule has 2 aromatic rings. The van der Waals surface area contributed by atoms with Gasteiger partial charge in [0.15, 0.2) is 0 Å². The first-order valence-corrected chi connectivity index (χ1v) is 8.86. The molecular weight excluding hydrogens is 302 g/mol. The smallest absolute Gasteiger partial charge is 0.0647 e. The van der Waals surface area contributed by atoms with Crippen LogP contribution in [0.4, 0.5) is 5.69 Å². The second-order valence-corrected chi connectivity index (χ2v) is 7.39. The van der Waals surface area contributed by atoms with Gasteiger partial charge in [-0.1, -0.05) is 35.9 Å². The fourth-order valence-electron chi connectivity index (χ4n) is 2.96. The molecular formula is C17H18ClNOS. The van der Waals surface area contributed by atoms with Gasteiger partial charge in [-0.15, -0.1) is 0 Å². The molecule has 2 N–H and O–H groups in total. The number of anilines is 1. The summed E-state index contributed by atoms with van der Waals surface area (Å²) in [5.74, 6) is 1.02. The number of nitrogen functional groups attached to an aromatic ring is 1. The number of aryl methyl sites for hydroxylation is 1. The van der Waals surface area contributed by atoms with Crippen LogP contribution in [-0.2, 0) is 17.2 Å².